The molecule has 2 aromatic carbocycles. The van der Waals surface area contributed by atoms with E-state index in [1.807, 2.05) is 36.6 Å². The van der Waals surface area contributed by atoms with E-state index in [2.05, 4.69) is 50.0 Å². The Labute approximate surface area is 166 Å². The van der Waals surface area contributed by atoms with Crippen LogP contribution in [0.3, 0.4) is 0 Å². The Morgan fingerprint density at radius 3 is 2.43 bits per heavy atom. The molecule has 3 nitrogen and oxygen atoms in total. The molecule has 0 saturated heterocycles. The summed E-state index contributed by atoms with van der Waals surface area (Å²) >= 11 is 0. The van der Waals surface area contributed by atoms with Crippen LogP contribution in [-0.4, -0.2) is 12.2 Å². The van der Waals surface area contributed by atoms with E-state index in [1.165, 1.54) is 17.2 Å². The van der Waals surface area contributed by atoms with Crippen LogP contribution >= 0.6 is 0 Å². The van der Waals surface area contributed by atoms with E-state index in [-0.39, 0.29) is 5.97 Å². The van der Waals surface area contributed by atoms with Gasteiger partial charge in [-0.3, -0.25) is 4.99 Å². The molecule has 0 bridgehead atoms. The van der Waals surface area contributed by atoms with Crippen LogP contribution in [0.4, 0.5) is 5.69 Å². The Bertz CT molecular complexity index is 945. The number of hydrogen-bond donors (Lipinski definition) is 0. The van der Waals surface area contributed by atoms with Gasteiger partial charge < -0.3 is 4.74 Å². The van der Waals surface area contributed by atoms with Crippen LogP contribution in [0, 0.1) is 12.8 Å². The molecule has 0 amide bonds. The Hall–Kier alpha value is -3.20. The molecule has 0 saturated carbocycles. The van der Waals surface area contributed by atoms with Crippen molar-refractivity contribution in [2.24, 2.45) is 10.9 Å². The summed E-state index contributed by atoms with van der Waals surface area (Å²) in [5.41, 5.74) is 5.57. The average molecular weight is 371 g/mol. The number of carbonyl (C=O) groups excluding carboxylic acids is 1. The lowest BCUT2D eigenvalue weighted by Crippen LogP contribution is -2.06. The zero-order valence-electron chi connectivity index (χ0n) is 16.6. The molecule has 0 radical (unpaired) electrons. The van der Waals surface area contributed by atoms with E-state index in [4.69, 9.17) is 4.74 Å². The quantitative estimate of drug-likeness (QED) is 0.275. The minimum atomic E-state index is -0.379. The van der Waals surface area contributed by atoms with Crippen LogP contribution in [-0.2, 0) is 4.79 Å². The van der Waals surface area contributed by atoms with Gasteiger partial charge in [0.2, 0.25) is 0 Å². The van der Waals surface area contributed by atoms with Gasteiger partial charge in [-0.25, -0.2) is 4.79 Å². The van der Waals surface area contributed by atoms with Crippen molar-refractivity contribution < 1.29 is 9.53 Å². The summed E-state index contributed by atoms with van der Waals surface area (Å²) < 4.78 is 5.37. The minimum absolute atomic E-state index is 0.379. The molecule has 0 aliphatic heterocycles. The molecule has 1 unspecified atom stereocenters. The largest absolute Gasteiger partial charge is 0.423 e. The van der Waals surface area contributed by atoms with Gasteiger partial charge in [0.25, 0.3) is 0 Å². The van der Waals surface area contributed by atoms with Crippen LogP contribution in [0.5, 0.6) is 5.75 Å². The SMILES string of the molecule is CC1=CC=C(/C=C/C(=O)Oc2ccc(/N=C/c3ccc(C)cc3)cc2)C(C)C1. The average Bonchev–Trinajstić information content (AvgIpc) is 2.68. The number of ether oxygens (including phenoxy) is 1. The molecule has 1 aliphatic rings. The van der Waals surface area contributed by atoms with Crippen LogP contribution in [0.1, 0.15) is 31.4 Å². The van der Waals surface area contributed by atoms with Gasteiger partial charge in [0.05, 0.1) is 5.69 Å². The number of aliphatic imine (C=N–C) groups is 1. The van der Waals surface area contributed by atoms with Crippen molar-refractivity contribution in [2.45, 2.75) is 27.2 Å². The topological polar surface area (TPSA) is 38.7 Å². The van der Waals surface area contributed by atoms with Gasteiger partial charge in [-0.1, -0.05) is 60.6 Å². The van der Waals surface area contributed by atoms with Crippen molar-refractivity contribution in [2.75, 3.05) is 0 Å². The third kappa shape index (κ3) is 5.65. The third-order valence-electron chi connectivity index (χ3n) is 4.66. The van der Waals surface area contributed by atoms with E-state index in [0.29, 0.717) is 11.7 Å². The van der Waals surface area contributed by atoms with Gasteiger partial charge >= 0.3 is 5.97 Å². The normalized spacial score (nSPS) is 16.9. The van der Waals surface area contributed by atoms with Crippen molar-refractivity contribution in [1.29, 1.82) is 0 Å². The zero-order chi connectivity index (χ0) is 19.9. The lowest BCUT2D eigenvalue weighted by molar-refractivity contribution is -0.129. The number of nitrogens with zero attached hydrogens (tertiary/aromatic N) is 1. The van der Waals surface area contributed by atoms with Crippen molar-refractivity contribution in [1.82, 2.24) is 0 Å². The first-order chi connectivity index (χ1) is 13.5. The number of rotatable bonds is 5. The molecule has 3 heteroatoms. The summed E-state index contributed by atoms with van der Waals surface area (Å²) in [6.45, 7) is 6.34. The van der Waals surface area contributed by atoms with E-state index >= 15 is 0 Å². The van der Waals surface area contributed by atoms with Gasteiger partial charge in [0.1, 0.15) is 5.75 Å². The van der Waals surface area contributed by atoms with E-state index in [9.17, 15) is 4.79 Å². The molecular formula is C25H25NO2. The highest BCUT2D eigenvalue weighted by Crippen LogP contribution is 2.25. The number of allylic oxidation sites excluding steroid dienone is 5. The van der Waals surface area contributed by atoms with E-state index < -0.39 is 0 Å². The summed E-state index contributed by atoms with van der Waals surface area (Å²) in [6.07, 6.45) is 10.3. The molecule has 0 spiro atoms. The number of benzene rings is 2. The summed E-state index contributed by atoms with van der Waals surface area (Å²) in [5, 5.41) is 0. The molecule has 2 aromatic rings. The minimum Gasteiger partial charge on any atom is -0.423 e. The second-order valence-corrected chi connectivity index (χ2v) is 7.20. The number of esters is 1. The highest BCUT2D eigenvalue weighted by atomic mass is 16.5. The number of aryl methyl sites for hydroxylation is 1. The monoisotopic (exact) mass is 371 g/mol. The maximum Gasteiger partial charge on any atom is 0.336 e. The molecule has 1 aliphatic carbocycles. The zero-order valence-corrected chi connectivity index (χ0v) is 16.6. The molecule has 3 rings (SSSR count). The van der Waals surface area contributed by atoms with Crippen molar-refractivity contribution in [3.63, 3.8) is 0 Å². The lowest BCUT2D eigenvalue weighted by atomic mass is 9.89. The Morgan fingerprint density at radius 1 is 1.04 bits per heavy atom. The first-order valence-electron chi connectivity index (χ1n) is 9.47. The molecule has 0 N–H and O–H groups in total. The second kappa shape index (κ2) is 9.14. The fourth-order valence-electron chi connectivity index (χ4n) is 3.01. The second-order valence-electron chi connectivity index (χ2n) is 7.20. The number of hydrogen-bond acceptors (Lipinski definition) is 3. The maximum absolute atomic E-state index is 12.1. The summed E-state index contributed by atoms with van der Waals surface area (Å²) in [7, 11) is 0. The van der Waals surface area contributed by atoms with E-state index in [0.717, 1.165) is 23.2 Å². The molecule has 28 heavy (non-hydrogen) atoms. The Balaban J connectivity index is 1.57. The summed E-state index contributed by atoms with van der Waals surface area (Å²) in [5.74, 6) is 0.542. The maximum atomic E-state index is 12.1. The highest BCUT2D eigenvalue weighted by molar-refractivity contribution is 5.85. The van der Waals surface area contributed by atoms with Crippen LogP contribution in [0.25, 0.3) is 0 Å². The molecule has 0 heterocycles. The first kappa shape index (κ1) is 19.6. The van der Waals surface area contributed by atoms with Crippen LogP contribution in [0.2, 0.25) is 0 Å². The fraction of sp³-hybridized carbons (Fsp3) is 0.200. The third-order valence-corrected chi connectivity index (χ3v) is 4.66. The predicted octanol–water partition coefficient (Wildman–Crippen LogP) is 6.12. The summed E-state index contributed by atoms with van der Waals surface area (Å²) in [4.78, 5) is 16.5. The van der Waals surface area contributed by atoms with E-state index in [1.54, 1.807) is 12.1 Å². The highest BCUT2D eigenvalue weighted by Gasteiger charge is 2.11. The standard InChI is InChI=1S/C25H25NO2/c1-18-4-7-21(8-5-18)17-26-23-11-13-24(14-12-23)28-25(27)15-10-22-9-6-19(2)16-20(22)3/h4-15,17,20H,16H2,1-3H3/b15-10+,26-17+. The van der Waals surface area contributed by atoms with Gasteiger partial charge in [-0.15, -0.1) is 0 Å². The molecular weight excluding hydrogens is 346 g/mol. The van der Waals surface area contributed by atoms with Gasteiger partial charge in [0.15, 0.2) is 0 Å². The Kier molecular flexibility index (Phi) is 6.38. The van der Waals surface area contributed by atoms with Gasteiger partial charge in [0, 0.05) is 12.3 Å². The van der Waals surface area contributed by atoms with Gasteiger partial charge in [-0.05, 0) is 61.6 Å². The molecule has 1 atom stereocenters. The predicted molar refractivity (Wildman–Crippen MR) is 115 cm³/mol. The molecule has 142 valence electrons. The number of carbonyl (C=O) groups is 1. The van der Waals surface area contributed by atoms with Crippen LogP contribution in [0.15, 0.2) is 89.0 Å². The fourth-order valence-corrected chi connectivity index (χ4v) is 3.01. The first-order valence-corrected chi connectivity index (χ1v) is 9.47. The lowest BCUT2D eigenvalue weighted by Gasteiger charge is -2.17. The van der Waals surface area contributed by atoms with Crippen LogP contribution < -0.4 is 4.74 Å². The van der Waals surface area contributed by atoms with Crippen molar-refractivity contribution in [3.05, 3.63) is 95.1 Å². The smallest absolute Gasteiger partial charge is 0.336 e. The van der Waals surface area contributed by atoms with Crippen molar-refractivity contribution >= 4 is 17.9 Å². The molecule has 0 aromatic heterocycles. The van der Waals surface area contributed by atoms with Crippen molar-refractivity contribution in [3.8, 4) is 5.75 Å². The summed E-state index contributed by atoms with van der Waals surface area (Å²) in [6, 6.07) is 15.3. The Morgan fingerprint density at radius 2 is 1.75 bits per heavy atom. The van der Waals surface area contributed by atoms with Gasteiger partial charge in [-0.2, -0.15) is 0 Å². The molecule has 0 fully saturated rings.